The van der Waals surface area contributed by atoms with Gasteiger partial charge >= 0.3 is 0 Å². The summed E-state index contributed by atoms with van der Waals surface area (Å²) in [6, 6.07) is 15.3. The number of ether oxygens (including phenoxy) is 1. The predicted molar refractivity (Wildman–Crippen MR) is 108 cm³/mol. The lowest BCUT2D eigenvalue weighted by atomic mass is 9.86. The van der Waals surface area contributed by atoms with Gasteiger partial charge in [0.15, 0.2) is 5.60 Å². The van der Waals surface area contributed by atoms with E-state index >= 15 is 0 Å². The van der Waals surface area contributed by atoms with Crippen molar-refractivity contribution >= 4 is 17.5 Å². The first-order chi connectivity index (χ1) is 12.0. The van der Waals surface area contributed by atoms with Crippen molar-refractivity contribution in [1.29, 1.82) is 0 Å². The Morgan fingerprint density at radius 3 is 2.00 bits per heavy atom. The van der Waals surface area contributed by atoms with Gasteiger partial charge in [0.25, 0.3) is 5.91 Å². The molecule has 0 fully saturated rings. The molecule has 0 aromatic heterocycles. The summed E-state index contributed by atoms with van der Waals surface area (Å²) >= 11 is 5.89. The average molecular weight is 374 g/mol. The smallest absolute Gasteiger partial charge is 0.264 e. The molecule has 0 radical (unpaired) electrons. The van der Waals surface area contributed by atoms with Crippen LogP contribution in [0.5, 0.6) is 5.75 Å². The Hall–Kier alpha value is -2.00. The third-order valence-corrected chi connectivity index (χ3v) is 4.61. The lowest BCUT2D eigenvalue weighted by Gasteiger charge is -2.27. The van der Waals surface area contributed by atoms with Crippen molar-refractivity contribution in [2.75, 3.05) is 0 Å². The van der Waals surface area contributed by atoms with Gasteiger partial charge in [-0.2, -0.15) is 0 Å². The molecule has 0 saturated carbocycles. The summed E-state index contributed by atoms with van der Waals surface area (Å²) < 4.78 is 5.85. The van der Waals surface area contributed by atoms with Crippen LogP contribution in [0.15, 0.2) is 48.5 Å². The van der Waals surface area contributed by atoms with E-state index in [9.17, 15) is 4.79 Å². The molecule has 4 heteroatoms. The van der Waals surface area contributed by atoms with Crippen LogP contribution in [0.25, 0.3) is 0 Å². The molecule has 1 amide bonds. The number of rotatable bonds is 5. The van der Waals surface area contributed by atoms with Crippen molar-refractivity contribution in [1.82, 2.24) is 5.32 Å². The maximum Gasteiger partial charge on any atom is 0.264 e. The zero-order chi connectivity index (χ0) is 19.5. The van der Waals surface area contributed by atoms with Crippen LogP contribution >= 0.6 is 11.6 Å². The number of amides is 1. The van der Waals surface area contributed by atoms with Gasteiger partial charge in [0.2, 0.25) is 0 Å². The molecule has 0 heterocycles. The van der Waals surface area contributed by atoms with Gasteiger partial charge in [0.1, 0.15) is 5.75 Å². The number of hydrogen-bond donors (Lipinski definition) is 1. The first-order valence-corrected chi connectivity index (χ1v) is 9.23. The Morgan fingerprint density at radius 1 is 0.962 bits per heavy atom. The third kappa shape index (κ3) is 5.25. The standard InChI is InChI=1S/C22H28ClNO2/c1-15(16-7-9-17(10-8-16)21(2,3)4)24-20(25)22(5,6)26-19-13-11-18(23)12-14-19/h7-15H,1-6H3,(H,24,25)/t15-/m0/s1. The molecule has 2 rings (SSSR count). The number of halogens is 1. The summed E-state index contributed by atoms with van der Waals surface area (Å²) in [6.07, 6.45) is 0. The minimum Gasteiger partial charge on any atom is -0.478 e. The van der Waals surface area contributed by atoms with Gasteiger partial charge in [0, 0.05) is 5.02 Å². The highest BCUT2D eigenvalue weighted by atomic mass is 35.5. The molecule has 3 nitrogen and oxygen atoms in total. The van der Waals surface area contributed by atoms with Crippen LogP contribution in [0.4, 0.5) is 0 Å². The molecule has 0 bridgehead atoms. The van der Waals surface area contributed by atoms with Crippen LogP contribution in [-0.4, -0.2) is 11.5 Å². The second-order valence-corrected chi connectivity index (χ2v) is 8.57. The molecule has 140 valence electrons. The van der Waals surface area contributed by atoms with E-state index in [1.54, 1.807) is 38.1 Å². The third-order valence-electron chi connectivity index (χ3n) is 4.36. The normalized spacial score (nSPS) is 13.2. The van der Waals surface area contributed by atoms with E-state index in [0.717, 1.165) is 5.56 Å². The molecule has 1 atom stereocenters. The predicted octanol–water partition coefficient (Wildman–Crippen LogP) is 5.67. The molecule has 0 aliphatic heterocycles. The molecule has 0 aliphatic rings. The Bertz CT molecular complexity index is 743. The van der Waals surface area contributed by atoms with Crippen molar-refractivity contribution in [2.45, 2.75) is 58.6 Å². The van der Waals surface area contributed by atoms with Gasteiger partial charge < -0.3 is 10.1 Å². The fraction of sp³-hybridized carbons (Fsp3) is 0.409. The first-order valence-electron chi connectivity index (χ1n) is 8.85. The summed E-state index contributed by atoms with van der Waals surface area (Å²) in [5.41, 5.74) is 1.45. The van der Waals surface area contributed by atoms with Gasteiger partial charge in [0.05, 0.1) is 6.04 Å². The van der Waals surface area contributed by atoms with E-state index < -0.39 is 5.60 Å². The number of carbonyl (C=O) groups is 1. The molecular formula is C22H28ClNO2. The zero-order valence-electron chi connectivity index (χ0n) is 16.4. The van der Waals surface area contributed by atoms with Crippen LogP contribution in [0.2, 0.25) is 5.02 Å². The minimum absolute atomic E-state index is 0.107. The number of nitrogens with one attached hydrogen (secondary N) is 1. The van der Waals surface area contributed by atoms with E-state index in [4.69, 9.17) is 16.3 Å². The highest BCUT2D eigenvalue weighted by molar-refractivity contribution is 6.30. The van der Waals surface area contributed by atoms with Crippen LogP contribution < -0.4 is 10.1 Å². The van der Waals surface area contributed by atoms with Gasteiger partial charge in [-0.1, -0.05) is 56.6 Å². The largest absolute Gasteiger partial charge is 0.478 e. The van der Waals surface area contributed by atoms with Crippen molar-refractivity contribution < 1.29 is 9.53 Å². The quantitative estimate of drug-likeness (QED) is 0.732. The monoisotopic (exact) mass is 373 g/mol. The maximum atomic E-state index is 12.7. The first kappa shape index (κ1) is 20.3. The fourth-order valence-electron chi connectivity index (χ4n) is 2.57. The summed E-state index contributed by atoms with van der Waals surface area (Å²) in [5.74, 6) is 0.441. The highest BCUT2D eigenvalue weighted by Gasteiger charge is 2.31. The molecular weight excluding hydrogens is 346 g/mol. The second-order valence-electron chi connectivity index (χ2n) is 8.13. The summed E-state index contributed by atoms with van der Waals surface area (Å²) in [6.45, 7) is 12.0. The molecule has 1 N–H and O–H groups in total. The van der Waals surface area contributed by atoms with Crippen molar-refractivity contribution in [3.63, 3.8) is 0 Å². The molecule has 0 saturated heterocycles. The van der Waals surface area contributed by atoms with Crippen LogP contribution in [0, 0.1) is 0 Å². The second kappa shape index (κ2) is 7.71. The van der Waals surface area contributed by atoms with Crippen LogP contribution in [-0.2, 0) is 10.2 Å². The summed E-state index contributed by atoms with van der Waals surface area (Å²) in [4.78, 5) is 12.7. The average Bonchev–Trinajstić information content (AvgIpc) is 2.56. The Labute approximate surface area is 161 Å². The number of carbonyl (C=O) groups excluding carboxylic acids is 1. The van der Waals surface area contributed by atoms with Crippen molar-refractivity contribution in [3.8, 4) is 5.75 Å². The fourth-order valence-corrected chi connectivity index (χ4v) is 2.70. The topological polar surface area (TPSA) is 38.3 Å². The lowest BCUT2D eigenvalue weighted by Crippen LogP contribution is -2.47. The Kier molecular flexibility index (Phi) is 6.02. The number of benzene rings is 2. The van der Waals surface area contributed by atoms with E-state index in [0.29, 0.717) is 10.8 Å². The number of hydrogen-bond acceptors (Lipinski definition) is 2. The van der Waals surface area contributed by atoms with E-state index in [-0.39, 0.29) is 17.4 Å². The van der Waals surface area contributed by atoms with Crippen LogP contribution in [0.1, 0.15) is 58.7 Å². The highest BCUT2D eigenvalue weighted by Crippen LogP contribution is 2.25. The Morgan fingerprint density at radius 2 is 1.50 bits per heavy atom. The van der Waals surface area contributed by atoms with Gasteiger partial charge in [-0.3, -0.25) is 4.79 Å². The van der Waals surface area contributed by atoms with E-state index in [1.165, 1.54) is 5.56 Å². The van der Waals surface area contributed by atoms with Gasteiger partial charge in [-0.15, -0.1) is 0 Å². The molecule has 0 spiro atoms. The Balaban J connectivity index is 2.03. The van der Waals surface area contributed by atoms with E-state index in [1.807, 2.05) is 6.92 Å². The summed E-state index contributed by atoms with van der Waals surface area (Å²) in [7, 11) is 0. The molecule has 2 aromatic carbocycles. The zero-order valence-corrected chi connectivity index (χ0v) is 17.1. The van der Waals surface area contributed by atoms with Gasteiger partial charge in [-0.05, 0) is 61.6 Å². The SMILES string of the molecule is C[C@H](NC(=O)C(C)(C)Oc1ccc(Cl)cc1)c1ccc(C(C)(C)C)cc1. The van der Waals surface area contributed by atoms with Crippen molar-refractivity contribution in [2.24, 2.45) is 0 Å². The maximum absolute atomic E-state index is 12.7. The molecule has 26 heavy (non-hydrogen) atoms. The van der Waals surface area contributed by atoms with Crippen LogP contribution in [0.3, 0.4) is 0 Å². The van der Waals surface area contributed by atoms with Crippen molar-refractivity contribution in [3.05, 3.63) is 64.7 Å². The molecule has 0 unspecified atom stereocenters. The molecule has 2 aromatic rings. The minimum atomic E-state index is -0.993. The summed E-state index contributed by atoms with van der Waals surface area (Å²) in [5, 5.41) is 3.67. The van der Waals surface area contributed by atoms with Gasteiger partial charge in [-0.25, -0.2) is 0 Å². The molecule has 0 aliphatic carbocycles. The van der Waals surface area contributed by atoms with E-state index in [2.05, 4.69) is 50.4 Å². The lowest BCUT2D eigenvalue weighted by molar-refractivity contribution is -0.134.